The van der Waals surface area contributed by atoms with Gasteiger partial charge in [-0.3, -0.25) is 4.79 Å². The average Bonchev–Trinajstić information content (AvgIpc) is 3.23. The number of hydrogen-bond donors (Lipinski definition) is 2. The van der Waals surface area contributed by atoms with Gasteiger partial charge in [0.15, 0.2) is 0 Å². The molecule has 1 aliphatic heterocycles. The van der Waals surface area contributed by atoms with E-state index >= 15 is 0 Å². The molecule has 8 nitrogen and oxygen atoms in total. The number of amides is 2. The normalized spacial score (nSPS) is 14.5. The molecule has 1 aromatic carbocycles. The molecule has 1 aliphatic rings. The van der Waals surface area contributed by atoms with Gasteiger partial charge < -0.3 is 15.0 Å². The minimum Gasteiger partial charge on any atom is -0.445 e. The Hall–Kier alpha value is -2.32. The third-order valence-corrected chi connectivity index (χ3v) is 5.39. The number of piperidine rings is 1. The van der Waals surface area contributed by atoms with E-state index < -0.39 is 0 Å². The summed E-state index contributed by atoms with van der Waals surface area (Å²) in [6.45, 7) is 1.21. The summed E-state index contributed by atoms with van der Waals surface area (Å²) in [6, 6.07) is 5.15. The summed E-state index contributed by atoms with van der Waals surface area (Å²) in [5.74, 6) is 0.0500. The number of hydrogen-bond acceptors (Lipinski definition) is 5. The molecule has 0 bridgehead atoms. The van der Waals surface area contributed by atoms with Crippen molar-refractivity contribution in [3.05, 3.63) is 45.7 Å². The number of aryl methyl sites for hydroxylation is 1. The van der Waals surface area contributed by atoms with E-state index in [2.05, 4.69) is 20.7 Å². The highest BCUT2D eigenvalue weighted by molar-refractivity contribution is 6.34. The van der Waals surface area contributed by atoms with Gasteiger partial charge in [0, 0.05) is 35.6 Å². The zero-order valence-corrected chi connectivity index (χ0v) is 18.1. The van der Waals surface area contributed by atoms with E-state index in [4.69, 9.17) is 27.9 Å². The first-order valence-electron chi connectivity index (χ1n) is 10.0. The lowest BCUT2D eigenvalue weighted by Gasteiger charge is -2.31. The molecule has 0 aliphatic carbocycles. The Kier molecular flexibility index (Phi) is 8.33. The van der Waals surface area contributed by atoms with E-state index in [0.717, 1.165) is 30.5 Å². The number of benzene rings is 1. The monoisotopic (exact) mass is 453 g/mol. The van der Waals surface area contributed by atoms with Crippen molar-refractivity contribution in [2.24, 2.45) is 0 Å². The number of ether oxygens (including phenoxy) is 1. The summed E-state index contributed by atoms with van der Waals surface area (Å²) in [6.07, 6.45) is 5.74. The Morgan fingerprint density at radius 2 is 1.90 bits per heavy atom. The Labute approximate surface area is 185 Å². The molecule has 162 valence electrons. The molecule has 2 aromatic rings. The summed E-state index contributed by atoms with van der Waals surface area (Å²) < 4.78 is 5.36. The van der Waals surface area contributed by atoms with Gasteiger partial charge in [-0.2, -0.15) is 15.4 Å². The molecule has 1 aromatic heterocycles. The van der Waals surface area contributed by atoms with Crippen LogP contribution in [-0.4, -0.2) is 51.4 Å². The van der Waals surface area contributed by atoms with Gasteiger partial charge in [-0.05, 0) is 55.9 Å². The van der Waals surface area contributed by atoms with Crippen molar-refractivity contribution in [3.63, 3.8) is 0 Å². The van der Waals surface area contributed by atoms with E-state index in [0.29, 0.717) is 42.4 Å². The third kappa shape index (κ3) is 7.18. The lowest BCUT2D eigenvalue weighted by Crippen LogP contribution is -2.46. The van der Waals surface area contributed by atoms with Crippen LogP contribution in [0.2, 0.25) is 10.0 Å². The molecule has 0 spiro atoms. The average molecular weight is 454 g/mol. The highest BCUT2D eigenvalue weighted by Crippen LogP contribution is 2.20. The number of carbonyl (C=O) groups is 2. The van der Waals surface area contributed by atoms with Crippen molar-refractivity contribution in [1.82, 2.24) is 25.6 Å². The largest absolute Gasteiger partial charge is 0.445 e. The summed E-state index contributed by atoms with van der Waals surface area (Å²) in [5, 5.41) is 14.4. The minimum absolute atomic E-state index is 0.0500. The number of unbranched alkanes of at least 4 members (excludes halogenated alkanes) is 1. The molecule has 1 saturated heterocycles. The second-order valence-corrected chi connectivity index (χ2v) is 8.20. The second kappa shape index (κ2) is 11.2. The van der Waals surface area contributed by atoms with Crippen molar-refractivity contribution < 1.29 is 14.3 Å². The van der Waals surface area contributed by atoms with Gasteiger partial charge >= 0.3 is 6.09 Å². The summed E-state index contributed by atoms with van der Waals surface area (Å²) in [7, 11) is 0. The molecular formula is C20H25Cl2N5O3. The van der Waals surface area contributed by atoms with Gasteiger partial charge in [0.2, 0.25) is 5.91 Å². The standard InChI is InChI=1S/C20H25Cl2N5O3/c21-15-9-14(10-16(22)11-15)13-30-20(29)27-7-5-17(6-8-27)24-19(28)4-2-1-3-18-12-23-26-25-18/h9-12,17H,1-8,13H2,(H,24,28)(H,23,25,26). The van der Waals surface area contributed by atoms with Crippen molar-refractivity contribution >= 4 is 35.2 Å². The van der Waals surface area contributed by atoms with Crippen LogP contribution in [0.5, 0.6) is 0 Å². The molecular weight excluding hydrogens is 429 g/mol. The molecule has 2 heterocycles. The van der Waals surface area contributed by atoms with Crippen LogP contribution in [0.1, 0.15) is 43.4 Å². The Morgan fingerprint density at radius 3 is 2.57 bits per heavy atom. The zero-order valence-electron chi connectivity index (χ0n) is 16.6. The van der Waals surface area contributed by atoms with Gasteiger partial charge in [-0.15, -0.1) is 0 Å². The molecule has 0 radical (unpaired) electrons. The second-order valence-electron chi connectivity index (χ2n) is 7.33. The molecule has 2 amide bonds. The van der Waals surface area contributed by atoms with Gasteiger partial charge in [0.1, 0.15) is 6.61 Å². The molecule has 3 rings (SSSR count). The fraction of sp³-hybridized carbons (Fsp3) is 0.500. The van der Waals surface area contributed by atoms with Crippen LogP contribution in [0.4, 0.5) is 4.79 Å². The van der Waals surface area contributed by atoms with Crippen LogP contribution in [-0.2, 0) is 22.6 Å². The van der Waals surface area contributed by atoms with E-state index in [9.17, 15) is 9.59 Å². The molecule has 1 fully saturated rings. The van der Waals surface area contributed by atoms with E-state index in [1.165, 1.54) is 0 Å². The van der Waals surface area contributed by atoms with Gasteiger partial charge in [0.25, 0.3) is 0 Å². The van der Waals surface area contributed by atoms with Crippen LogP contribution in [0.25, 0.3) is 0 Å². The fourth-order valence-corrected chi connectivity index (χ4v) is 3.95. The SMILES string of the molecule is O=C(CCCCc1cn[nH]n1)NC1CCN(C(=O)OCc2cc(Cl)cc(Cl)c2)CC1. The van der Waals surface area contributed by atoms with Crippen molar-refractivity contribution in [2.75, 3.05) is 13.1 Å². The number of aromatic nitrogens is 3. The summed E-state index contributed by atoms with van der Waals surface area (Å²) in [4.78, 5) is 26.1. The Bertz CT molecular complexity index is 819. The first-order valence-corrected chi connectivity index (χ1v) is 10.8. The summed E-state index contributed by atoms with van der Waals surface area (Å²) >= 11 is 11.9. The maximum absolute atomic E-state index is 12.3. The molecule has 0 atom stereocenters. The predicted octanol–water partition coefficient (Wildman–Crippen LogP) is 3.74. The van der Waals surface area contributed by atoms with Gasteiger partial charge in [0.05, 0.1) is 11.9 Å². The Morgan fingerprint density at radius 1 is 1.17 bits per heavy atom. The quantitative estimate of drug-likeness (QED) is 0.592. The predicted molar refractivity (Wildman–Crippen MR) is 113 cm³/mol. The summed E-state index contributed by atoms with van der Waals surface area (Å²) in [5.41, 5.74) is 1.65. The van der Waals surface area contributed by atoms with Gasteiger partial charge in [-0.1, -0.05) is 23.2 Å². The van der Waals surface area contributed by atoms with Crippen molar-refractivity contribution in [1.29, 1.82) is 0 Å². The number of H-pyrrole nitrogens is 1. The van der Waals surface area contributed by atoms with Crippen molar-refractivity contribution in [2.45, 2.75) is 51.2 Å². The van der Waals surface area contributed by atoms with Gasteiger partial charge in [-0.25, -0.2) is 4.79 Å². The molecule has 2 N–H and O–H groups in total. The smallest absolute Gasteiger partial charge is 0.410 e. The zero-order chi connectivity index (χ0) is 21.3. The van der Waals surface area contributed by atoms with Crippen LogP contribution in [0, 0.1) is 0 Å². The van der Waals surface area contributed by atoms with Crippen LogP contribution in [0.3, 0.4) is 0 Å². The molecule has 0 unspecified atom stereocenters. The third-order valence-electron chi connectivity index (χ3n) is 4.95. The molecule has 10 heteroatoms. The topological polar surface area (TPSA) is 100 Å². The lowest BCUT2D eigenvalue weighted by molar-refractivity contribution is -0.122. The van der Waals surface area contributed by atoms with Crippen LogP contribution in [0.15, 0.2) is 24.4 Å². The maximum Gasteiger partial charge on any atom is 0.410 e. The first-order chi connectivity index (χ1) is 14.5. The fourth-order valence-electron chi connectivity index (χ4n) is 3.37. The first kappa shape index (κ1) is 22.4. The molecule has 30 heavy (non-hydrogen) atoms. The number of carbonyl (C=O) groups excluding carboxylic acids is 2. The lowest BCUT2D eigenvalue weighted by atomic mass is 10.0. The van der Waals surface area contributed by atoms with E-state index in [1.54, 1.807) is 29.3 Å². The highest BCUT2D eigenvalue weighted by atomic mass is 35.5. The van der Waals surface area contributed by atoms with Crippen LogP contribution >= 0.6 is 23.2 Å². The number of nitrogens with zero attached hydrogens (tertiary/aromatic N) is 3. The molecule has 0 saturated carbocycles. The number of halogens is 2. The number of likely N-dealkylation sites (tertiary alicyclic amines) is 1. The van der Waals surface area contributed by atoms with E-state index in [1.807, 2.05) is 0 Å². The van der Waals surface area contributed by atoms with E-state index in [-0.39, 0.29) is 24.6 Å². The van der Waals surface area contributed by atoms with Crippen LogP contribution < -0.4 is 5.32 Å². The number of rotatable bonds is 8. The maximum atomic E-state index is 12.3. The highest BCUT2D eigenvalue weighted by Gasteiger charge is 2.24. The number of aromatic amines is 1. The minimum atomic E-state index is -0.372. The number of nitrogens with one attached hydrogen (secondary N) is 2. The Balaban J connectivity index is 1.30. The van der Waals surface area contributed by atoms with Crippen molar-refractivity contribution in [3.8, 4) is 0 Å².